The highest BCUT2D eigenvalue weighted by atomic mass is 16.4. The average molecular weight is 398 g/mol. The molecule has 164 valence electrons. The smallest absolute Gasteiger partial charge is 0.300 e. The summed E-state index contributed by atoms with van der Waals surface area (Å²) >= 11 is 0. The quantitative estimate of drug-likeness (QED) is 0.369. The Morgan fingerprint density at radius 2 is 1.32 bits per heavy atom. The van der Waals surface area contributed by atoms with E-state index in [1.807, 2.05) is 13.8 Å². The van der Waals surface area contributed by atoms with E-state index in [4.69, 9.17) is 9.90 Å². The van der Waals surface area contributed by atoms with Crippen molar-refractivity contribution in [3.8, 4) is 0 Å². The summed E-state index contributed by atoms with van der Waals surface area (Å²) < 4.78 is 0. The van der Waals surface area contributed by atoms with Gasteiger partial charge in [-0.2, -0.15) is 0 Å². The first-order valence-electron chi connectivity index (χ1n) is 10.9. The Kier molecular flexibility index (Phi) is 15.2. The third kappa shape index (κ3) is 16.4. The number of carboxylic acid groups (broad SMARTS) is 1. The first-order chi connectivity index (χ1) is 13.3. The van der Waals surface area contributed by atoms with Gasteiger partial charge in [0.05, 0.1) is 0 Å². The molecule has 0 aliphatic carbocycles. The number of carbonyl (C=O) groups is 1. The van der Waals surface area contributed by atoms with Gasteiger partial charge in [-0.15, -0.1) is 0 Å². The first-order valence-corrected chi connectivity index (χ1v) is 10.9. The minimum Gasteiger partial charge on any atom is -0.481 e. The van der Waals surface area contributed by atoms with Crippen molar-refractivity contribution in [3.63, 3.8) is 0 Å². The Morgan fingerprint density at radius 1 is 0.893 bits per heavy atom. The third-order valence-corrected chi connectivity index (χ3v) is 4.17. The van der Waals surface area contributed by atoms with E-state index < -0.39 is 11.6 Å². The highest BCUT2D eigenvalue weighted by Gasteiger charge is 2.22. The maximum Gasteiger partial charge on any atom is 0.300 e. The van der Waals surface area contributed by atoms with Crippen LogP contribution in [0.1, 0.15) is 98.8 Å². The zero-order valence-electron chi connectivity index (χ0n) is 18.7. The summed E-state index contributed by atoms with van der Waals surface area (Å²) in [6, 6.07) is 0. The summed E-state index contributed by atoms with van der Waals surface area (Å²) in [7, 11) is 0. The fourth-order valence-electron chi connectivity index (χ4n) is 2.89. The maximum absolute atomic E-state index is 9.00. The van der Waals surface area contributed by atoms with Crippen LogP contribution in [0.5, 0.6) is 0 Å². The number of hydrogen-bond donors (Lipinski definition) is 4. The van der Waals surface area contributed by atoms with Crippen LogP contribution >= 0.6 is 0 Å². The molecule has 0 spiro atoms. The molecule has 1 rings (SSSR count). The molecule has 0 saturated heterocycles. The highest BCUT2D eigenvalue weighted by Crippen LogP contribution is 2.13. The normalized spacial score (nSPS) is 14.8. The summed E-state index contributed by atoms with van der Waals surface area (Å²) in [5.74, 6) is 0.810. The van der Waals surface area contributed by atoms with Crippen LogP contribution in [0.15, 0.2) is 9.98 Å². The fraction of sp³-hybridized carbons (Fsp3) is 0.857. The highest BCUT2D eigenvalue weighted by molar-refractivity contribution is 6.00. The fourth-order valence-corrected chi connectivity index (χ4v) is 2.89. The van der Waals surface area contributed by atoms with Crippen LogP contribution in [0, 0.1) is 0 Å². The van der Waals surface area contributed by atoms with Crippen LogP contribution in [0.4, 0.5) is 0 Å². The second kappa shape index (κ2) is 16.2. The largest absolute Gasteiger partial charge is 0.481 e. The molecule has 0 unspecified atom stereocenters. The zero-order chi connectivity index (χ0) is 21.3. The van der Waals surface area contributed by atoms with Gasteiger partial charge in [0.1, 0.15) is 0 Å². The Labute approximate surface area is 171 Å². The molecule has 0 saturated carbocycles. The molecule has 1 aliphatic rings. The number of aliphatic carboxylic acids is 1. The standard InChI is InChI=1S/C19H39N5.C2H4O2/c1-5-7-8-9-10-11-12-13-14-15-16-21-18-22-17(20-6-2)23-19(3,4)24-18;1-2(3)4/h5-16H2,1-4H3,(H3,20,21,22,23,24);1H3,(H,3,4). The predicted octanol–water partition coefficient (Wildman–Crippen LogP) is 4.25. The van der Waals surface area contributed by atoms with Crippen LogP contribution in [0.2, 0.25) is 0 Å². The second-order valence-corrected chi connectivity index (χ2v) is 7.70. The van der Waals surface area contributed by atoms with Crippen molar-refractivity contribution >= 4 is 17.9 Å². The molecule has 0 aromatic carbocycles. The third-order valence-electron chi connectivity index (χ3n) is 4.17. The van der Waals surface area contributed by atoms with Gasteiger partial charge >= 0.3 is 0 Å². The van der Waals surface area contributed by atoms with Gasteiger partial charge in [-0.05, 0) is 27.2 Å². The molecule has 0 atom stereocenters. The van der Waals surface area contributed by atoms with E-state index in [2.05, 4.69) is 39.8 Å². The number of nitrogens with one attached hydrogen (secondary N) is 3. The van der Waals surface area contributed by atoms with Crippen LogP contribution in [-0.4, -0.2) is 41.7 Å². The van der Waals surface area contributed by atoms with Crippen molar-refractivity contribution < 1.29 is 9.90 Å². The lowest BCUT2D eigenvalue weighted by Crippen LogP contribution is -2.52. The van der Waals surface area contributed by atoms with Crippen LogP contribution in [0.25, 0.3) is 0 Å². The number of rotatable bonds is 12. The lowest BCUT2D eigenvalue weighted by molar-refractivity contribution is -0.134. The lowest BCUT2D eigenvalue weighted by atomic mass is 10.1. The van der Waals surface area contributed by atoms with E-state index in [0.29, 0.717) is 0 Å². The van der Waals surface area contributed by atoms with Crippen LogP contribution in [0.3, 0.4) is 0 Å². The van der Waals surface area contributed by atoms with Crippen molar-refractivity contribution in [2.24, 2.45) is 9.98 Å². The monoisotopic (exact) mass is 397 g/mol. The molecule has 28 heavy (non-hydrogen) atoms. The first kappa shape index (κ1) is 26.2. The van der Waals surface area contributed by atoms with Gasteiger partial charge in [0.15, 0.2) is 5.66 Å². The Bertz CT molecular complexity index is 471. The van der Waals surface area contributed by atoms with Crippen molar-refractivity contribution in [3.05, 3.63) is 0 Å². The Morgan fingerprint density at radius 3 is 1.79 bits per heavy atom. The molecular formula is C21H43N5O2. The predicted molar refractivity (Wildman–Crippen MR) is 119 cm³/mol. The van der Waals surface area contributed by atoms with Crippen molar-refractivity contribution in [1.82, 2.24) is 16.0 Å². The van der Waals surface area contributed by atoms with Crippen LogP contribution < -0.4 is 16.0 Å². The van der Waals surface area contributed by atoms with Gasteiger partial charge in [-0.25, -0.2) is 9.98 Å². The topological polar surface area (TPSA) is 98.1 Å². The SMILES string of the molecule is CC(=O)O.CCCCCCCCCCCCNC1=NC(C)(C)N=C(NCC)N1. The molecule has 7 heteroatoms. The van der Waals surface area contributed by atoms with Gasteiger partial charge in [-0.1, -0.05) is 64.7 Å². The molecule has 0 bridgehead atoms. The van der Waals surface area contributed by atoms with Crippen molar-refractivity contribution in [2.75, 3.05) is 13.1 Å². The van der Waals surface area contributed by atoms with Gasteiger partial charge in [0.2, 0.25) is 11.9 Å². The van der Waals surface area contributed by atoms with E-state index in [9.17, 15) is 0 Å². The number of unbranched alkanes of at least 4 members (excludes halogenated alkanes) is 9. The minimum atomic E-state index is -0.833. The maximum atomic E-state index is 9.00. The summed E-state index contributed by atoms with van der Waals surface area (Å²) in [5.41, 5.74) is -0.400. The number of guanidine groups is 2. The zero-order valence-corrected chi connectivity index (χ0v) is 18.7. The van der Waals surface area contributed by atoms with Gasteiger partial charge in [0, 0.05) is 20.0 Å². The summed E-state index contributed by atoms with van der Waals surface area (Å²) in [5, 5.41) is 17.3. The molecule has 0 radical (unpaired) electrons. The summed E-state index contributed by atoms with van der Waals surface area (Å²) in [4.78, 5) is 18.1. The minimum absolute atomic E-state index is 0.400. The Balaban J connectivity index is 0.00000165. The molecule has 1 heterocycles. The molecule has 4 N–H and O–H groups in total. The van der Waals surface area contributed by atoms with E-state index in [1.54, 1.807) is 0 Å². The number of hydrogen-bond acceptors (Lipinski definition) is 6. The van der Waals surface area contributed by atoms with Gasteiger partial charge in [-0.3, -0.25) is 10.1 Å². The second-order valence-electron chi connectivity index (χ2n) is 7.70. The van der Waals surface area contributed by atoms with E-state index in [-0.39, 0.29) is 0 Å². The molecule has 1 aliphatic heterocycles. The summed E-state index contributed by atoms with van der Waals surface area (Å²) in [6.07, 6.45) is 13.6. The molecular weight excluding hydrogens is 354 g/mol. The molecule has 7 nitrogen and oxygen atoms in total. The molecule has 0 fully saturated rings. The van der Waals surface area contributed by atoms with E-state index >= 15 is 0 Å². The molecule has 0 aromatic heterocycles. The van der Waals surface area contributed by atoms with Crippen molar-refractivity contribution in [1.29, 1.82) is 0 Å². The van der Waals surface area contributed by atoms with E-state index in [0.717, 1.165) is 31.9 Å². The number of nitrogens with zero attached hydrogens (tertiary/aromatic N) is 2. The molecule has 0 amide bonds. The number of carboxylic acids is 1. The number of aliphatic imine (C=N–C) groups is 2. The average Bonchev–Trinajstić information content (AvgIpc) is 2.58. The van der Waals surface area contributed by atoms with Crippen molar-refractivity contribution in [2.45, 2.75) is 104 Å². The molecule has 0 aromatic rings. The Hall–Kier alpha value is -1.79. The van der Waals surface area contributed by atoms with Gasteiger partial charge < -0.3 is 15.7 Å². The summed E-state index contributed by atoms with van der Waals surface area (Å²) in [6.45, 7) is 11.3. The lowest BCUT2D eigenvalue weighted by Gasteiger charge is -2.26. The van der Waals surface area contributed by atoms with Crippen LogP contribution in [-0.2, 0) is 4.79 Å². The van der Waals surface area contributed by atoms with E-state index in [1.165, 1.54) is 64.2 Å². The van der Waals surface area contributed by atoms with Gasteiger partial charge in [0.25, 0.3) is 5.97 Å².